The van der Waals surface area contributed by atoms with Crippen LogP contribution in [0.3, 0.4) is 0 Å². The maximum Gasteiger partial charge on any atom is 0.409 e. The number of carbonyl (C=O) groups is 1. The number of carbonyl (C=O) groups excluding carboxylic acids is 1. The van der Waals surface area contributed by atoms with Crippen molar-refractivity contribution < 1.29 is 19.0 Å². The van der Waals surface area contributed by atoms with Crippen LogP contribution in [0.25, 0.3) is 11.1 Å². The van der Waals surface area contributed by atoms with Crippen LogP contribution < -0.4 is 19.9 Å². The van der Waals surface area contributed by atoms with Gasteiger partial charge >= 0.3 is 6.09 Å². The van der Waals surface area contributed by atoms with Gasteiger partial charge in [0.2, 0.25) is 0 Å². The predicted molar refractivity (Wildman–Crippen MR) is 75.2 cm³/mol. The zero-order chi connectivity index (χ0) is 14.5. The van der Waals surface area contributed by atoms with Gasteiger partial charge in [0.15, 0.2) is 0 Å². The molecule has 0 aliphatic heterocycles. The van der Waals surface area contributed by atoms with Crippen LogP contribution in [0.4, 0.5) is 4.79 Å². The number of ether oxygens (including phenoxy) is 3. The van der Waals surface area contributed by atoms with Crippen molar-refractivity contribution in [3.05, 3.63) is 42.5 Å². The lowest BCUT2D eigenvalue weighted by atomic mass is 10.0. The molecule has 104 valence electrons. The summed E-state index contributed by atoms with van der Waals surface area (Å²) in [4.78, 5) is 11.0. The zero-order valence-electron chi connectivity index (χ0n) is 11.3. The van der Waals surface area contributed by atoms with Gasteiger partial charge < -0.3 is 19.9 Å². The predicted octanol–water partition coefficient (Wildman–Crippen LogP) is 2.83. The van der Waals surface area contributed by atoms with Crippen molar-refractivity contribution in [2.75, 3.05) is 14.2 Å². The lowest BCUT2D eigenvalue weighted by molar-refractivity contribution is 0.211. The number of hydrogen-bond acceptors (Lipinski definition) is 4. The summed E-state index contributed by atoms with van der Waals surface area (Å²) in [5.74, 6) is 1.67. The summed E-state index contributed by atoms with van der Waals surface area (Å²) in [6.45, 7) is 0. The highest BCUT2D eigenvalue weighted by atomic mass is 16.5. The molecule has 2 rings (SSSR count). The number of para-hydroxylation sites is 1. The number of benzene rings is 2. The molecule has 0 aliphatic carbocycles. The van der Waals surface area contributed by atoms with E-state index in [4.69, 9.17) is 19.9 Å². The Morgan fingerprint density at radius 3 is 2.30 bits per heavy atom. The third kappa shape index (κ3) is 2.83. The highest BCUT2D eigenvalue weighted by Crippen LogP contribution is 2.38. The van der Waals surface area contributed by atoms with Gasteiger partial charge in [0.1, 0.15) is 17.2 Å². The van der Waals surface area contributed by atoms with E-state index in [1.165, 1.54) is 0 Å². The Kier molecular flexibility index (Phi) is 4.10. The summed E-state index contributed by atoms with van der Waals surface area (Å²) in [6, 6.07) is 12.5. The first-order valence-corrected chi connectivity index (χ1v) is 5.94. The molecule has 0 spiro atoms. The maximum absolute atomic E-state index is 11.0. The van der Waals surface area contributed by atoms with Gasteiger partial charge in [0, 0.05) is 17.2 Å². The Morgan fingerprint density at radius 1 is 0.950 bits per heavy atom. The largest absolute Gasteiger partial charge is 0.497 e. The number of amides is 1. The van der Waals surface area contributed by atoms with Gasteiger partial charge in [-0.1, -0.05) is 18.2 Å². The van der Waals surface area contributed by atoms with Crippen molar-refractivity contribution in [2.45, 2.75) is 0 Å². The Hall–Kier alpha value is -2.69. The quantitative estimate of drug-likeness (QED) is 0.929. The molecule has 0 heterocycles. The molecule has 20 heavy (non-hydrogen) atoms. The SMILES string of the molecule is COc1ccc(-c2ccccc2OC(N)=O)c(OC)c1. The molecule has 2 N–H and O–H groups in total. The van der Waals surface area contributed by atoms with Gasteiger partial charge in [-0.2, -0.15) is 0 Å². The van der Waals surface area contributed by atoms with Crippen molar-refractivity contribution >= 4 is 6.09 Å². The summed E-state index contributed by atoms with van der Waals surface area (Å²) in [6.07, 6.45) is -0.857. The Balaban J connectivity index is 2.53. The van der Waals surface area contributed by atoms with Crippen molar-refractivity contribution in [1.82, 2.24) is 0 Å². The fraction of sp³-hybridized carbons (Fsp3) is 0.133. The van der Waals surface area contributed by atoms with Crippen molar-refractivity contribution in [3.8, 4) is 28.4 Å². The Morgan fingerprint density at radius 2 is 1.65 bits per heavy atom. The molecule has 5 heteroatoms. The van der Waals surface area contributed by atoms with Crippen LogP contribution in [0.15, 0.2) is 42.5 Å². The van der Waals surface area contributed by atoms with E-state index in [0.717, 1.165) is 5.56 Å². The lowest BCUT2D eigenvalue weighted by Gasteiger charge is -2.13. The molecule has 5 nitrogen and oxygen atoms in total. The maximum atomic E-state index is 11.0. The molecule has 2 aromatic rings. The number of primary amides is 1. The first-order valence-electron chi connectivity index (χ1n) is 5.94. The van der Waals surface area contributed by atoms with E-state index in [0.29, 0.717) is 22.8 Å². The molecule has 0 saturated carbocycles. The van der Waals surface area contributed by atoms with E-state index < -0.39 is 6.09 Å². The second-order valence-corrected chi connectivity index (χ2v) is 3.98. The average molecular weight is 273 g/mol. The molecule has 0 bridgehead atoms. The van der Waals surface area contributed by atoms with Crippen LogP contribution in [0.5, 0.6) is 17.2 Å². The van der Waals surface area contributed by atoms with Gasteiger partial charge in [-0.25, -0.2) is 4.79 Å². The number of nitrogens with two attached hydrogens (primary N) is 1. The summed E-state index contributed by atoms with van der Waals surface area (Å²) < 4.78 is 15.5. The van der Waals surface area contributed by atoms with Gasteiger partial charge in [-0.05, 0) is 18.2 Å². The first kappa shape index (κ1) is 13.7. The zero-order valence-corrected chi connectivity index (χ0v) is 11.3. The van der Waals surface area contributed by atoms with Gasteiger partial charge in [0.25, 0.3) is 0 Å². The molecule has 2 aromatic carbocycles. The number of hydrogen-bond donors (Lipinski definition) is 1. The van der Waals surface area contributed by atoms with Crippen molar-refractivity contribution in [2.24, 2.45) is 5.73 Å². The minimum absolute atomic E-state index is 0.378. The first-order chi connectivity index (χ1) is 9.65. The van der Waals surface area contributed by atoms with Crippen LogP contribution in [-0.4, -0.2) is 20.3 Å². The third-order valence-electron chi connectivity index (χ3n) is 2.80. The second-order valence-electron chi connectivity index (χ2n) is 3.98. The van der Waals surface area contributed by atoms with Crippen LogP contribution in [-0.2, 0) is 0 Å². The van der Waals surface area contributed by atoms with Crippen LogP contribution >= 0.6 is 0 Å². The molecule has 0 aromatic heterocycles. The minimum atomic E-state index is -0.857. The fourth-order valence-electron chi connectivity index (χ4n) is 1.91. The molecule has 0 radical (unpaired) electrons. The lowest BCUT2D eigenvalue weighted by Crippen LogP contribution is -2.16. The summed E-state index contributed by atoms with van der Waals surface area (Å²) in [5.41, 5.74) is 6.57. The van der Waals surface area contributed by atoms with Gasteiger partial charge in [-0.3, -0.25) is 0 Å². The monoisotopic (exact) mass is 273 g/mol. The van der Waals surface area contributed by atoms with E-state index in [1.807, 2.05) is 18.2 Å². The highest BCUT2D eigenvalue weighted by Gasteiger charge is 2.13. The van der Waals surface area contributed by atoms with Crippen molar-refractivity contribution in [3.63, 3.8) is 0 Å². The van der Waals surface area contributed by atoms with Gasteiger partial charge in [-0.15, -0.1) is 0 Å². The van der Waals surface area contributed by atoms with E-state index >= 15 is 0 Å². The van der Waals surface area contributed by atoms with E-state index in [2.05, 4.69) is 0 Å². The number of rotatable bonds is 4. The molecular weight excluding hydrogens is 258 g/mol. The van der Waals surface area contributed by atoms with E-state index in [-0.39, 0.29) is 0 Å². The smallest absolute Gasteiger partial charge is 0.409 e. The third-order valence-corrected chi connectivity index (χ3v) is 2.80. The highest BCUT2D eigenvalue weighted by molar-refractivity contribution is 5.79. The molecule has 0 saturated heterocycles. The van der Waals surface area contributed by atoms with Crippen LogP contribution in [0.2, 0.25) is 0 Å². The summed E-state index contributed by atoms with van der Waals surface area (Å²) in [5, 5.41) is 0. The Bertz CT molecular complexity index is 625. The van der Waals surface area contributed by atoms with Gasteiger partial charge in [0.05, 0.1) is 14.2 Å². The second kappa shape index (κ2) is 5.97. The summed E-state index contributed by atoms with van der Waals surface area (Å²) >= 11 is 0. The normalized spacial score (nSPS) is 9.90. The molecular formula is C15H15NO4. The summed E-state index contributed by atoms with van der Waals surface area (Å²) in [7, 11) is 3.15. The average Bonchev–Trinajstić information content (AvgIpc) is 2.46. The standard InChI is InChI=1S/C15H15NO4/c1-18-10-7-8-12(14(9-10)19-2)11-5-3-4-6-13(11)20-15(16)17/h3-9H,1-2H3,(H2,16,17). The fourth-order valence-corrected chi connectivity index (χ4v) is 1.91. The number of methoxy groups -OCH3 is 2. The van der Waals surface area contributed by atoms with Crippen LogP contribution in [0, 0.1) is 0 Å². The Labute approximate surface area is 116 Å². The van der Waals surface area contributed by atoms with Crippen LogP contribution in [0.1, 0.15) is 0 Å². The van der Waals surface area contributed by atoms with E-state index in [1.54, 1.807) is 38.5 Å². The topological polar surface area (TPSA) is 70.8 Å². The van der Waals surface area contributed by atoms with E-state index in [9.17, 15) is 4.79 Å². The molecule has 0 unspecified atom stereocenters. The minimum Gasteiger partial charge on any atom is -0.497 e. The molecule has 1 amide bonds. The molecule has 0 atom stereocenters. The van der Waals surface area contributed by atoms with Crippen molar-refractivity contribution in [1.29, 1.82) is 0 Å². The molecule has 0 aliphatic rings. The molecule has 0 fully saturated rings.